The topological polar surface area (TPSA) is 60.7 Å². The van der Waals surface area contributed by atoms with Crippen LogP contribution in [-0.2, 0) is 6.42 Å². The van der Waals surface area contributed by atoms with E-state index in [-0.39, 0.29) is 17.5 Å². The average molecular weight is 251 g/mol. The zero-order valence-corrected chi connectivity index (χ0v) is 8.18. The Hall–Kier alpha value is -0.810. The Morgan fingerprint density at radius 3 is 2.46 bits per heavy atom. The van der Waals surface area contributed by atoms with Gasteiger partial charge in [-0.3, -0.25) is 0 Å². The molecule has 0 saturated carbocycles. The van der Waals surface area contributed by atoms with E-state index in [0.29, 0.717) is 5.56 Å². The van der Waals surface area contributed by atoms with E-state index in [1.165, 1.54) is 6.07 Å². The molecule has 3 N–H and O–H groups in total. The van der Waals surface area contributed by atoms with E-state index in [9.17, 15) is 9.50 Å². The molecule has 0 aliphatic carbocycles. The summed E-state index contributed by atoms with van der Waals surface area (Å²) in [5.74, 6) is -2.22. The first-order valence-corrected chi connectivity index (χ1v) is 4.37. The first kappa shape index (κ1) is 10.3. The van der Waals surface area contributed by atoms with Gasteiger partial charge >= 0.3 is 0 Å². The third-order valence-electron chi connectivity index (χ3n) is 1.63. The van der Waals surface area contributed by atoms with Gasteiger partial charge in [0.05, 0.1) is 4.47 Å². The molecule has 0 saturated heterocycles. The van der Waals surface area contributed by atoms with Crippen LogP contribution >= 0.6 is 15.9 Å². The molecule has 13 heavy (non-hydrogen) atoms. The molecule has 0 heterocycles. The molecule has 0 unspecified atom stereocenters. The predicted octanol–water partition coefficient (Wildman–Crippen LogP) is 1.53. The Kier molecular flexibility index (Phi) is 3.11. The van der Waals surface area contributed by atoms with Crippen LogP contribution in [0.1, 0.15) is 5.56 Å². The van der Waals surface area contributed by atoms with E-state index in [2.05, 4.69) is 15.9 Å². The number of aromatic hydroxyl groups is 2. The number of hydrogen-bond donors (Lipinski definition) is 3. The third-order valence-corrected chi connectivity index (χ3v) is 2.21. The van der Waals surface area contributed by atoms with Crippen LogP contribution in [0.3, 0.4) is 0 Å². The maximum Gasteiger partial charge on any atom is 0.195 e. The van der Waals surface area contributed by atoms with Gasteiger partial charge in [-0.2, -0.15) is 0 Å². The number of rotatable bonds is 2. The van der Waals surface area contributed by atoms with Gasteiger partial charge < -0.3 is 15.3 Å². The summed E-state index contributed by atoms with van der Waals surface area (Å²) < 4.78 is 13.0. The summed E-state index contributed by atoms with van der Waals surface area (Å²) in [7, 11) is 0. The van der Waals surface area contributed by atoms with Gasteiger partial charge in [0.15, 0.2) is 17.3 Å². The van der Waals surface area contributed by atoms with Crippen molar-refractivity contribution < 1.29 is 19.7 Å². The van der Waals surface area contributed by atoms with Crippen molar-refractivity contribution in [2.24, 2.45) is 0 Å². The lowest BCUT2D eigenvalue weighted by Crippen LogP contribution is -1.93. The molecular formula is C8H8BrFO3. The van der Waals surface area contributed by atoms with Crippen molar-refractivity contribution in [1.29, 1.82) is 0 Å². The zero-order chi connectivity index (χ0) is 10.0. The van der Waals surface area contributed by atoms with Crippen LogP contribution in [0.5, 0.6) is 11.5 Å². The first-order valence-electron chi connectivity index (χ1n) is 3.57. The molecule has 0 aliphatic rings. The van der Waals surface area contributed by atoms with E-state index in [4.69, 9.17) is 10.2 Å². The minimum Gasteiger partial charge on any atom is -0.504 e. The molecule has 0 fully saturated rings. The van der Waals surface area contributed by atoms with Crippen molar-refractivity contribution in [3.63, 3.8) is 0 Å². The van der Waals surface area contributed by atoms with Crippen LogP contribution in [0.15, 0.2) is 10.5 Å². The Morgan fingerprint density at radius 2 is 1.92 bits per heavy atom. The van der Waals surface area contributed by atoms with E-state index < -0.39 is 17.3 Å². The van der Waals surface area contributed by atoms with Crippen LogP contribution < -0.4 is 0 Å². The molecule has 72 valence electrons. The second kappa shape index (κ2) is 3.93. The first-order chi connectivity index (χ1) is 6.07. The number of benzene rings is 1. The monoisotopic (exact) mass is 250 g/mol. The van der Waals surface area contributed by atoms with Gasteiger partial charge in [0.25, 0.3) is 0 Å². The summed E-state index contributed by atoms with van der Waals surface area (Å²) in [6, 6.07) is 1.32. The standard InChI is InChI=1S/C8H8BrFO3/c9-5-3-4(1-2-11)7(12)8(13)6(5)10/h3,11-13H,1-2H2. The molecular weight excluding hydrogens is 243 g/mol. The minimum atomic E-state index is -0.904. The van der Waals surface area contributed by atoms with Crippen LogP contribution in [0.25, 0.3) is 0 Å². The quantitative estimate of drug-likeness (QED) is 0.698. The van der Waals surface area contributed by atoms with Crippen LogP contribution in [0.4, 0.5) is 4.39 Å². The molecule has 3 nitrogen and oxygen atoms in total. The lowest BCUT2D eigenvalue weighted by molar-refractivity contribution is 0.295. The summed E-state index contributed by atoms with van der Waals surface area (Å²) in [5.41, 5.74) is 0.299. The highest BCUT2D eigenvalue weighted by Crippen LogP contribution is 2.36. The maximum absolute atomic E-state index is 12.9. The smallest absolute Gasteiger partial charge is 0.195 e. The molecule has 1 aromatic rings. The van der Waals surface area contributed by atoms with Crippen molar-refractivity contribution in [3.05, 3.63) is 21.9 Å². The van der Waals surface area contributed by atoms with Crippen molar-refractivity contribution in [3.8, 4) is 11.5 Å². The number of aliphatic hydroxyl groups excluding tert-OH is 1. The fourth-order valence-electron chi connectivity index (χ4n) is 0.965. The van der Waals surface area contributed by atoms with E-state index in [1.807, 2.05) is 0 Å². The molecule has 0 aliphatic heterocycles. The molecule has 1 aromatic carbocycles. The van der Waals surface area contributed by atoms with Crippen LogP contribution in [0.2, 0.25) is 0 Å². The van der Waals surface area contributed by atoms with Gasteiger partial charge in [0.2, 0.25) is 0 Å². The molecule has 0 amide bonds. The highest BCUT2D eigenvalue weighted by molar-refractivity contribution is 9.10. The SMILES string of the molecule is OCCc1cc(Br)c(F)c(O)c1O. The highest BCUT2D eigenvalue weighted by Gasteiger charge is 2.14. The lowest BCUT2D eigenvalue weighted by atomic mass is 10.1. The van der Waals surface area contributed by atoms with Gasteiger partial charge in [-0.1, -0.05) is 0 Å². The van der Waals surface area contributed by atoms with Gasteiger partial charge in [0, 0.05) is 12.2 Å². The van der Waals surface area contributed by atoms with Crippen LogP contribution in [-0.4, -0.2) is 21.9 Å². The molecule has 0 radical (unpaired) electrons. The van der Waals surface area contributed by atoms with E-state index in [0.717, 1.165) is 0 Å². The Bertz CT molecular complexity index is 328. The van der Waals surface area contributed by atoms with Crippen molar-refractivity contribution in [1.82, 2.24) is 0 Å². The fourth-order valence-corrected chi connectivity index (χ4v) is 1.43. The second-order valence-electron chi connectivity index (χ2n) is 2.50. The average Bonchev–Trinajstić information content (AvgIpc) is 2.11. The molecule has 1 rings (SSSR count). The molecule has 0 aromatic heterocycles. The molecule has 5 heteroatoms. The second-order valence-corrected chi connectivity index (χ2v) is 3.36. The molecule has 0 bridgehead atoms. The van der Waals surface area contributed by atoms with Crippen molar-refractivity contribution in [2.75, 3.05) is 6.61 Å². The normalized spacial score (nSPS) is 10.4. The highest BCUT2D eigenvalue weighted by atomic mass is 79.9. The number of hydrogen-bond acceptors (Lipinski definition) is 3. The van der Waals surface area contributed by atoms with E-state index >= 15 is 0 Å². The Morgan fingerprint density at radius 1 is 1.31 bits per heavy atom. The number of halogens is 2. The summed E-state index contributed by atoms with van der Waals surface area (Å²) in [6.07, 6.45) is 0.165. The Labute approximate surface area is 82.6 Å². The molecule has 0 spiro atoms. The summed E-state index contributed by atoms with van der Waals surface area (Å²) in [6.45, 7) is -0.176. The summed E-state index contributed by atoms with van der Waals surface area (Å²) >= 11 is 2.87. The molecule has 0 atom stereocenters. The van der Waals surface area contributed by atoms with Crippen LogP contribution in [0, 0.1) is 5.82 Å². The van der Waals surface area contributed by atoms with Gasteiger partial charge in [0.1, 0.15) is 0 Å². The number of phenolic OH excluding ortho intramolecular Hbond substituents is 2. The predicted molar refractivity (Wildman–Crippen MR) is 48.2 cm³/mol. The van der Waals surface area contributed by atoms with E-state index in [1.54, 1.807) is 0 Å². The Balaban J connectivity index is 3.24. The maximum atomic E-state index is 12.9. The fraction of sp³-hybridized carbons (Fsp3) is 0.250. The summed E-state index contributed by atoms with van der Waals surface area (Å²) in [5, 5.41) is 26.9. The minimum absolute atomic E-state index is 0.0613. The van der Waals surface area contributed by atoms with Crippen molar-refractivity contribution in [2.45, 2.75) is 6.42 Å². The lowest BCUT2D eigenvalue weighted by Gasteiger charge is -2.06. The zero-order valence-electron chi connectivity index (χ0n) is 6.59. The van der Waals surface area contributed by atoms with Crippen molar-refractivity contribution >= 4 is 15.9 Å². The van der Waals surface area contributed by atoms with Gasteiger partial charge in [-0.15, -0.1) is 0 Å². The third kappa shape index (κ3) is 1.92. The van der Waals surface area contributed by atoms with Gasteiger partial charge in [-0.05, 0) is 28.4 Å². The van der Waals surface area contributed by atoms with Gasteiger partial charge in [-0.25, -0.2) is 4.39 Å². The largest absolute Gasteiger partial charge is 0.504 e. The summed E-state index contributed by atoms with van der Waals surface area (Å²) in [4.78, 5) is 0. The number of aliphatic hydroxyl groups is 1. The number of phenols is 2.